The number of carboxylic acids is 1. The second kappa shape index (κ2) is 14.6. The molecular weight excluding hydrogens is 692 g/mol. The van der Waals surface area contributed by atoms with Gasteiger partial charge in [0, 0.05) is 81.3 Å². The molecule has 14 heteroatoms. The van der Waals surface area contributed by atoms with Crippen molar-refractivity contribution in [3.8, 4) is 0 Å². The van der Waals surface area contributed by atoms with Gasteiger partial charge in [-0.3, -0.25) is 33.9 Å². The van der Waals surface area contributed by atoms with Gasteiger partial charge in [-0.15, -0.1) is 0 Å². The van der Waals surface area contributed by atoms with E-state index < -0.39 is 47.4 Å². The molecule has 6 atom stereocenters. The monoisotopic (exact) mass is 738 g/mol. The molecule has 6 N–H and O–H groups in total. The van der Waals surface area contributed by atoms with Crippen LogP contribution < -0.4 is 11.1 Å². The average Bonchev–Trinajstić information content (AvgIpc) is 3.85. The van der Waals surface area contributed by atoms with Crippen LogP contribution >= 0.6 is 0 Å². The van der Waals surface area contributed by atoms with Gasteiger partial charge in [-0.2, -0.15) is 0 Å². The summed E-state index contributed by atoms with van der Waals surface area (Å²) in [6, 6.07) is 4.43. The van der Waals surface area contributed by atoms with Crippen LogP contribution in [0.2, 0.25) is 0 Å². The SMILES string of the molecule is CC[C@H]1c2cc3[nH]c4c(c3C)C(=O)C(C(=O)OC)c4c3nc(cc4[nH]c(cc(n2)[C@@H]1C)c(C(C)=O)c4C)[C@@H](C)[C@@H]3CCC(=O)N[C@@H](CCC(N)=O)C(=O)O. The first-order chi connectivity index (χ1) is 25.6. The maximum Gasteiger partial charge on any atom is 0.326 e. The molecule has 0 saturated heterocycles. The highest BCUT2D eigenvalue weighted by Gasteiger charge is 2.45. The number of aliphatic carboxylic acids is 1. The Labute approximate surface area is 311 Å². The number of ketones is 2. The average molecular weight is 739 g/mol. The van der Waals surface area contributed by atoms with E-state index in [0.717, 1.165) is 23.4 Å². The van der Waals surface area contributed by atoms with Crippen LogP contribution in [0.5, 0.6) is 0 Å². The van der Waals surface area contributed by atoms with Crippen molar-refractivity contribution >= 4 is 57.4 Å². The third-order valence-electron chi connectivity index (χ3n) is 11.4. The summed E-state index contributed by atoms with van der Waals surface area (Å²) in [6.45, 7) is 11.4. The van der Waals surface area contributed by atoms with E-state index in [1.165, 1.54) is 14.0 Å². The molecule has 8 bridgehead atoms. The number of amides is 2. The maximum atomic E-state index is 14.2. The van der Waals surface area contributed by atoms with Crippen molar-refractivity contribution in [3.05, 3.63) is 68.8 Å². The lowest BCUT2D eigenvalue weighted by molar-refractivity contribution is -0.142. The number of carbonyl (C=O) groups excluding carboxylic acids is 5. The first kappa shape index (κ1) is 38.1. The number of H-pyrrole nitrogens is 2. The molecule has 1 aliphatic carbocycles. The number of fused-ring (bicyclic) bond motifs is 8. The highest BCUT2D eigenvalue weighted by Crippen LogP contribution is 2.48. The highest BCUT2D eigenvalue weighted by atomic mass is 16.5. The minimum Gasteiger partial charge on any atom is -0.480 e. The number of nitrogens with two attached hydrogens (primary N) is 1. The van der Waals surface area contributed by atoms with E-state index in [-0.39, 0.29) is 49.2 Å². The van der Waals surface area contributed by atoms with E-state index >= 15 is 0 Å². The Morgan fingerprint density at radius 1 is 0.926 bits per heavy atom. The Morgan fingerprint density at radius 3 is 2.19 bits per heavy atom. The van der Waals surface area contributed by atoms with E-state index in [4.69, 9.17) is 20.4 Å². The first-order valence-electron chi connectivity index (χ1n) is 18.3. The van der Waals surface area contributed by atoms with Gasteiger partial charge < -0.3 is 30.9 Å². The van der Waals surface area contributed by atoms with Crippen molar-refractivity contribution < 1.29 is 38.6 Å². The topological polar surface area (TPSA) is 227 Å². The molecular formula is C40H46N6O8. The first-order valence-corrected chi connectivity index (χ1v) is 18.3. The molecule has 54 heavy (non-hydrogen) atoms. The fourth-order valence-electron chi connectivity index (χ4n) is 8.43. The van der Waals surface area contributed by atoms with Gasteiger partial charge >= 0.3 is 11.9 Å². The van der Waals surface area contributed by atoms with E-state index in [1.807, 2.05) is 39.0 Å². The number of Topliss-reactive ketones (excluding diaryl/α,β-unsaturated/α-hetero) is 2. The second-order valence-corrected chi connectivity index (χ2v) is 14.7. The lowest BCUT2D eigenvalue weighted by Crippen LogP contribution is -2.41. The smallest absolute Gasteiger partial charge is 0.326 e. The molecule has 0 radical (unpaired) electrons. The van der Waals surface area contributed by atoms with Crippen molar-refractivity contribution in [1.29, 1.82) is 0 Å². The van der Waals surface area contributed by atoms with Gasteiger partial charge in [0.25, 0.3) is 0 Å². The number of ether oxygens (including phenoxy) is 1. The van der Waals surface area contributed by atoms with Crippen molar-refractivity contribution in [2.24, 2.45) is 5.73 Å². The van der Waals surface area contributed by atoms with Crippen molar-refractivity contribution in [3.63, 3.8) is 0 Å². The van der Waals surface area contributed by atoms with Gasteiger partial charge in [0.1, 0.15) is 12.0 Å². The zero-order valence-corrected chi connectivity index (χ0v) is 31.5. The number of aromatic nitrogens is 4. The Morgan fingerprint density at radius 2 is 1.56 bits per heavy atom. The lowest BCUT2D eigenvalue weighted by Gasteiger charge is -2.20. The van der Waals surface area contributed by atoms with Gasteiger partial charge in [0.05, 0.1) is 23.8 Å². The molecule has 3 aliphatic rings. The van der Waals surface area contributed by atoms with Gasteiger partial charge in [0.2, 0.25) is 11.8 Å². The molecule has 3 aromatic rings. The molecule has 5 heterocycles. The third-order valence-corrected chi connectivity index (χ3v) is 11.4. The summed E-state index contributed by atoms with van der Waals surface area (Å²) in [7, 11) is 1.22. The van der Waals surface area contributed by atoms with Gasteiger partial charge in [0.15, 0.2) is 11.6 Å². The fourth-order valence-corrected chi connectivity index (χ4v) is 8.43. The van der Waals surface area contributed by atoms with Crippen LogP contribution in [0.25, 0.3) is 22.1 Å². The zero-order valence-electron chi connectivity index (χ0n) is 31.5. The fraction of sp³-hybridized carbons (Fsp3) is 0.450. The predicted octanol–water partition coefficient (Wildman–Crippen LogP) is 5.39. The standard InChI is InChI=1S/C40H46N6O8/c1-8-21-16(2)24-15-29-32(20(6)47)18(4)26(43-29)13-25-17(3)22(9-12-31(49)44-23(39(51)52)10-11-30(41)48)36(45-25)34-35(40(53)54-7)38(50)33-19(5)27(46-37(33)34)14-28(21)42-24/h13-17,21-23,35,43,46H,8-12H2,1-7H3,(H2,41,48)(H,44,49)(H,51,52)/t16-,17+,21-,22+,23+,35?/m1/s1. The summed E-state index contributed by atoms with van der Waals surface area (Å²) in [6.07, 6.45) is 0.486. The molecule has 0 aromatic carbocycles. The Balaban J connectivity index is 1.61. The number of hydrogen-bond donors (Lipinski definition) is 5. The number of primary amides is 1. The number of methoxy groups -OCH3 is 1. The van der Waals surface area contributed by atoms with Crippen molar-refractivity contribution in [2.45, 2.75) is 109 Å². The van der Waals surface area contributed by atoms with Crippen LogP contribution in [0.4, 0.5) is 0 Å². The van der Waals surface area contributed by atoms with Crippen LogP contribution in [0.3, 0.4) is 0 Å². The van der Waals surface area contributed by atoms with Gasteiger partial charge in [-0.25, -0.2) is 4.79 Å². The molecule has 6 rings (SSSR count). The van der Waals surface area contributed by atoms with Crippen LogP contribution in [0.1, 0.15) is 150 Å². The van der Waals surface area contributed by atoms with Crippen LogP contribution in [0, 0.1) is 13.8 Å². The molecule has 3 aromatic heterocycles. The van der Waals surface area contributed by atoms with E-state index in [0.29, 0.717) is 55.7 Å². The molecule has 0 saturated carbocycles. The Bertz CT molecular complexity index is 2290. The van der Waals surface area contributed by atoms with Gasteiger partial charge in [-0.05, 0) is 69.4 Å². The normalized spacial score (nSPS) is 20.8. The third kappa shape index (κ3) is 6.58. The number of carboxylic acid groups (broad SMARTS) is 1. The van der Waals surface area contributed by atoms with E-state index in [9.17, 15) is 33.9 Å². The summed E-state index contributed by atoms with van der Waals surface area (Å²) < 4.78 is 5.17. The number of nitrogens with zero attached hydrogens (tertiary/aromatic N) is 2. The number of hydrogen-bond acceptors (Lipinski definition) is 9. The minimum absolute atomic E-state index is 0.0465. The number of aromatic amines is 2. The maximum absolute atomic E-state index is 14.2. The Hall–Kier alpha value is -5.66. The number of rotatable bonds is 11. The molecule has 2 aliphatic heterocycles. The number of aryl methyl sites for hydroxylation is 2. The summed E-state index contributed by atoms with van der Waals surface area (Å²) in [5, 5.41) is 12.2. The van der Waals surface area contributed by atoms with E-state index in [1.54, 1.807) is 0 Å². The molecule has 1 unspecified atom stereocenters. The minimum atomic E-state index is -1.31. The molecule has 2 amide bonds. The van der Waals surface area contributed by atoms with Crippen LogP contribution in [-0.4, -0.2) is 73.5 Å². The van der Waals surface area contributed by atoms with Crippen LogP contribution in [-0.2, 0) is 23.9 Å². The highest BCUT2D eigenvalue weighted by molar-refractivity contribution is 6.23. The van der Waals surface area contributed by atoms with Crippen LogP contribution in [0.15, 0.2) is 18.2 Å². The second-order valence-electron chi connectivity index (χ2n) is 14.7. The molecule has 284 valence electrons. The summed E-state index contributed by atoms with van der Waals surface area (Å²) in [4.78, 5) is 94.2. The summed E-state index contributed by atoms with van der Waals surface area (Å²) >= 11 is 0. The van der Waals surface area contributed by atoms with Crippen molar-refractivity contribution in [1.82, 2.24) is 25.3 Å². The predicted molar refractivity (Wildman–Crippen MR) is 199 cm³/mol. The molecule has 0 fully saturated rings. The summed E-state index contributed by atoms with van der Waals surface area (Å²) in [5.74, 6) is -5.85. The van der Waals surface area contributed by atoms with Gasteiger partial charge in [-0.1, -0.05) is 20.8 Å². The number of nitrogens with one attached hydrogen (secondary N) is 3. The largest absolute Gasteiger partial charge is 0.480 e. The molecule has 0 spiro atoms. The molecule has 14 nitrogen and oxygen atoms in total. The lowest BCUT2D eigenvalue weighted by atomic mass is 9.83. The van der Waals surface area contributed by atoms with Crippen molar-refractivity contribution in [2.75, 3.05) is 7.11 Å². The summed E-state index contributed by atoms with van der Waals surface area (Å²) in [5.41, 5.74) is 13.0. The van der Waals surface area contributed by atoms with E-state index in [2.05, 4.69) is 29.1 Å². The Kier molecular flexibility index (Phi) is 10.3. The number of carbonyl (C=O) groups is 6. The quantitative estimate of drug-likeness (QED) is 0.0958. The number of esters is 1. The zero-order chi connectivity index (χ0) is 39.3.